The van der Waals surface area contributed by atoms with Crippen molar-refractivity contribution < 1.29 is 0 Å². The van der Waals surface area contributed by atoms with Crippen LogP contribution in [0.3, 0.4) is 0 Å². The molecular weight excluding hydrogens is 402 g/mol. The van der Waals surface area contributed by atoms with E-state index in [-0.39, 0.29) is 0 Å². The van der Waals surface area contributed by atoms with Gasteiger partial charge in [0.05, 0.1) is 11.2 Å². The van der Waals surface area contributed by atoms with Crippen molar-refractivity contribution in [3.8, 4) is 0 Å². The molecule has 3 heteroatoms. The first kappa shape index (κ1) is 22.4. The van der Waals surface area contributed by atoms with Crippen LogP contribution >= 0.6 is 0 Å². The first-order valence-corrected chi connectivity index (χ1v) is 13.0. The molecule has 0 spiro atoms. The first-order chi connectivity index (χ1) is 16.1. The second kappa shape index (κ2) is 9.85. The molecule has 1 aliphatic heterocycles. The van der Waals surface area contributed by atoms with Gasteiger partial charge >= 0.3 is 0 Å². The van der Waals surface area contributed by atoms with Gasteiger partial charge in [0, 0.05) is 37.8 Å². The Morgan fingerprint density at radius 1 is 0.970 bits per heavy atom. The van der Waals surface area contributed by atoms with E-state index in [2.05, 4.69) is 79.1 Å². The van der Waals surface area contributed by atoms with E-state index in [0.29, 0.717) is 5.92 Å². The zero-order valence-corrected chi connectivity index (χ0v) is 20.6. The summed E-state index contributed by atoms with van der Waals surface area (Å²) in [6.07, 6.45) is 7.26. The zero-order chi connectivity index (χ0) is 22.8. The summed E-state index contributed by atoms with van der Waals surface area (Å²) >= 11 is 0. The molecule has 2 aromatic carbocycles. The van der Waals surface area contributed by atoms with E-state index in [1.165, 1.54) is 61.0 Å². The van der Waals surface area contributed by atoms with Crippen LogP contribution in [0.25, 0.3) is 10.9 Å². The van der Waals surface area contributed by atoms with Gasteiger partial charge in [-0.05, 0) is 86.2 Å². The van der Waals surface area contributed by atoms with E-state index in [0.717, 1.165) is 37.0 Å². The number of anilines is 1. The van der Waals surface area contributed by atoms with Crippen molar-refractivity contribution >= 4 is 16.6 Å². The second-order valence-electron chi connectivity index (χ2n) is 10.7. The Morgan fingerprint density at radius 2 is 1.88 bits per heavy atom. The van der Waals surface area contributed by atoms with Crippen LogP contribution in [-0.4, -0.2) is 42.6 Å². The number of fused-ring (bicyclic) bond motifs is 1. The average molecular weight is 442 g/mol. The second-order valence-corrected chi connectivity index (χ2v) is 10.7. The monoisotopic (exact) mass is 441 g/mol. The summed E-state index contributed by atoms with van der Waals surface area (Å²) in [5, 5.41) is 1.27. The van der Waals surface area contributed by atoms with E-state index in [1.54, 1.807) is 5.56 Å². The molecule has 1 saturated heterocycles. The van der Waals surface area contributed by atoms with E-state index in [9.17, 15) is 0 Å². The third kappa shape index (κ3) is 5.09. The molecule has 5 rings (SSSR count). The van der Waals surface area contributed by atoms with Gasteiger partial charge in [0.15, 0.2) is 0 Å². The Morgan fingerprint density at radius 3 is 2.73 bits per heavy atom. The van der Waals surface area contributed by atoms with Gasteiger partial charge < -0.3 is 9.80 Å². The van der Waals surface area contributed by atoms with Gasteiger partial charge in [0.25, 0.3) is 0 Å². The van der Waals surface area contributed by atoms with Gasteiger partial charge in [0.2, 0.25) is 0 Å². The summed E-state index contributed by atoms with van der Waals surface area (Å²) < 4.78 is 0. The Balaban J connectivity index is 1.25. The summed E-state index contributed by atoms with van der Waals surface area (Å²) in [5.74, 6) is 2.13. The van der Waals surface area contributed by atoms with Crippen LogP contribution in [-0.2, 0) is 0 Å². The molecule has 0 N–H and O–H groups in total. The molecule has 33 heavy (non-hydrogen) atoms. The summed E-state index contributed by atoms with van der Waals surface area (Å²) in [6.45, 7) is 12.7. The van der Waals surface area contributed by atoms with Crippen molar-refractivity contribution in [3.63, 3.8) is 0 Å². The fourth-order valence-corrected chi connectivity index (χ4v) is 6.00. The normalized spacial score (nSPS) is 22.2. The first-order valence-electron chi connectivity index (χ1n) is 13.0. The van der Waals surface area contributed by atoms with Crippen molar-refractivity contribution in [2.45, 2.75) is 58.3 Å². The van der Waals surface area contributed by atoms with E-state index in [4.69, 9.17) is 4.98 Å². The van der Waals surface area contributed by atoms with Gasteiger partial charge in [-0.1, -0.05) is 49.7 Å². The molecule has 2 aliphatic rings. The molecule has 0 radical (unpaired) electrons. The lowest BCUT2D eigenvalue weighted by atomic mass is 9.95. The van der Waals surface area contributed by atoms with Crippen LogP contribution in [0.1, 0.15) is 68.1 Å². The van der Waals surface area contributed by atoms with Gasteiger partial charge in [-0.25, -0.2) is 0 Å². The molecule has 0 bridgehead atoms. The molecule has 2 atom stereocenters. The molecule has 3 nitrogen and oxygen atoms in total. The van der Waals surface area contributed by atoms with Crippen molar-refractivity contribution in [2.24, 2.45) is 5.92 Å². The molecule has 2 heterocycles. The summed E-state index contributed by atoms with van der Waals surface area (Å²) in [7, 11) is 0. The van der Waals surface area contributed by atoms with Crippen LogP contribution in [0, 0.1) is 12.8 Å². The maximum absolute atomic E-state index is 4.78. The minimum atomic E-state index is 0.528. The summed E-state index contributed by atoms with van der Waals surface area (Å²) in [6, 6.07) is 18.2. The van der Waals surface area contributed by atoms with Crippen molar-refractivity contribution in [2.75, 3.05) is 37.6 Å². The van der Waals surface area contributed by atoms with Crippen molar-refractivity contribution in [1.82, 2.24) is 9.88 Å². The van der Waals surface area contributed by atoms with Crippen LogP contribution in [0.4, 0.5) is 5.69 Å². The predicted octanol–water partition coefficient (Wildman–Crippen LogP) is 6.76. The van der Waals surface area contributed by atoms with Crippen LogP contribution in [0.5, 0.6) is 0 Å². The lowest BCUT2D eigenvalue weighted by Gasteiger charge is -2.26. The molecular formula is C30H39N3. The predicted molar refractivity (Wildman–Crippen MR) is 140 cm³/mol. The van der Waals surface area contributed by atoms with Crippen molar-refractivity contribution in [3.05, 3.63) is 71.4 Å². The number of benzene rings is 2. The smallest absolute Gasteiger partial charge is 0.0935 e. The SMILES string of the molecule is Cc1cccc(C2CCC(CN3CCCN(c4cc(C(C)C)cc5cccnc45)CC3)C2)c1. The number of aryl methyl sites for hydroxylation is 1. The van der Waals surface area contributed by atoms with E-state index >= 15 is 0 Å². The van der Waals surface area contributed by atoms with E-state index < -0.39 is 0 Å². The van der Waals surface area contributed by atoms with Crippen molar-refractivity contribution in [1.29, 1.82) is 0 Å². The number of rotatable bonds is 5. The van der Waals surface area contributed by atoms with E-state index in [1.807, 2.05) is 6.20 Å². The number of hydrogen-bond donors (Lipinski definition) is 0. The molecule has 2 fully saturated rings. The Kier molecular flexibility index (Phi) is 6.69. The highest BCUT2D eigenvalue weighted by atomic mass is 15.2. The minimum absolute atomic E-state index is 0.528. The Bertz CT molecular complexity index is 1090. The number of aromatic nitrogens is 1. The highest BCUT2D eigenvalue weighted by Crippen LogP contribution is 2.39. The van der Waals surface area contributed by atoms with Gasteiger partial charge in [-0.15, -0.1) is 0 Å². The minimum Gasteiger partial charge on any atom is -0.368 e. The standard InChI is InChI=1S/C30H39N3/c1-22(2)28-19-27-9-5-12-31-30(27)29(20-28)33-14-6-13-32(15-16-33)21-24-10-11-26(18-24)25-8-4-7-23(3)17-25/h4-5,7-9,12,17,19-20,22,24,26H,6,10-11,13-16,18,21H2,1-3H3. The lowest BCUT2D eigenvalue weighted by Crippen LogP contribution is -2.33. The Hall–Kier alpha value is -2.39. The number of nitrogens with zero attached hydrogens (tertiary/aromatic N) is 3. The number of hydrogen-bond acceptors (Lipinski definition) is 3. The largest absolute Gasteiger partial charge is 0.368 e. The highest BCUT2D eigenvalue weighted by Gasteiger charge is 2.28. The molecule has 174 valence electrons. The quantitative estimate of drug-likeness (QED) is 0.436. The molecule has 1 aliphatic carbocycles. The Labute approximate surface area is 199 Å². The zero-order valence-electron chi connectivity index (χ0n) is 20.6. The fourth-order valence-electron chi connectivity index (χ4n) is 6.00. The molecule has 0 amide bonds. The molecule has 1 aromatic heterocycles. The topological polar surface area (TPSA) is 19.4 Å². The van der Waals surface area contributed by atoms with Crippen LogP contribution in [0.15, 0.2) is 54.7 Å². The van der Waals surface area contributed by atoms with Crippen LogP contribution < -0.4 is 4.90 Å². The molecule has 1 saturated carbocycles. The number of pyridine rings is 1. The fraction of sp³-hybridized carbons (Fsp3) is 0.500. The lowest BCUT2D eigenvalue weighted by molar-refractivity contribution is 0.245. The third-order valence-electron chi connectivity index (χ3n) is 7.87. The third-order valence-corrected chi connectivity index (χ3v) is 7.87. The van der Waals surface area contributed by atoms with Crippen LogP contribution in [0.2, 0.25) is 0 Å². The molecule has 3 aromatic rings. The van der Waals surface area contributed by atoms with Gasteiger partial charge in [-0.2, -0.15) is 0 Å². The maximum atomic E-state index is 4.78. The van der Waals surface area contributed by atoms with Gasteiger partial charge in [-0.3, -0.25) is 4.98 Å². The maximum Gasteiger partial charge on any atom is 0.0935 e. The highest BCUT2D eigenvalue weighted by molar-refractivity contribution is 5.91. The summed E-state index contributed by atoms with van der Waals surface area (Å²) in [4.78, 5) is 10.1. The summed E-state index contributed by atoms with van der Waals surface area (Å²) in [5.41, 5.74) is 6.86. The van der Waals surface area contributed by atoms with Gasteiger partial charge in [0.1, 0.15) is 0 Å². The average Bonchev–Trinajstić information content (AvgIpc) is 3.16. The molecule has 2 unspecified atom stereocenters.